The van der Waals surface area contributed by atoms with Crippen LogP contribution in [0.3, 0.4) is 0 Å². The maximum atomic E-state index is 12.1. The fourth-order valence-electron chi connectivity index (χ4n) is 5.24. The summed E-state index contributed by atoms with van der Waals surface area (Å²) in [7, 11) is 1.62. The molecule has 2 aliphatic heterocycles. The molecule has 1 N–H and O–H groups in total. The molecule has 0 aromatic heterocycles. The highest BCUT2D eigenvalue weighted by atomic mass is 16.7. The molecule has 2 saturated heterocycles. The van der Waals surface area contributed by atoms with Crippen LogP contribution in [0.15, 0.2) is 91.0 Å². The van der Waals surface area contributed by atoms with Crippen molar-refractivity contribution in [2.24, 2.45) is 0 Å². The zero-order chi connectivity index (χ0) is 24.3. The van der Waals surface area contributed by atoms with Crippen molar-refractivity contribution in [2.45, 2.75) is 56.4 Å². The average Bonchev–Trinajstić information content (AvgIpc) is 2.89. The molecular formula is C29H33NO5. The number of ether oxygens (including phenoxy) is 4. The molecule has 6 heteroatoms. The molecule has 0 unspecified atom stereocenters. The Labute approximate surface area is 207 Å². The normalized spacial score (nSPS) is 30.7. The number of hydrogen-bond donors (Lipinski definition) is 1. The van der Waals surface area contributed by atoms with E-state index in [0.717, 1.165) is 16.7 Å². The second-order valence-corrected chi connectivity index (χ2v) is 9.46. The van der Waals surface area contributed by atoms with Crippen LogP contribution in [0, 0.1) is 0 Å². The monoisotopic (exact) mass is 475 g/mol. The minimum absolute atomic E-state index is 0.310. The molecule has 0 spiro atoms. The third-order valence-corrected chi connectivity index (χ3v) is 6.92. The van der Waals surface area contributed by atoms with E-state index in [2.05, 4.69) is 29.2 Å². The third-order valence-electron chi connectivity index (χ3n) is 6.92. The first-order valence-corrected chi connectivity index (χ1v) is 12.1. The fourth-order valence-corrected chi connectivity index (χ4v) is 5.24. The Hall–Kier alpha value is -2.58. The van der Waals surface area contributed by atoms with Gasteiger partial charge in [-0.05, 0) is 18.1 Å². The van der Waals surface area contributed by atoms with Gasteiger partial charge in [0.2, 0.25) is 0 Å². The molecule has 3 aromatic carbocycles. The van der Waals surface area contributed by atoms with Crippen LogP contribution in [0.1, 0.15) is 29.9 Å². The van der Waals surface area contributed by atoms with E-state index in [1.165, 1.54) is 0 Å². The van der Waals surface area contributed by atoms with Gasteiger partial charge in [0.25, 0.3) is 0 Å². The lowest BCUT2D eigenvalue weighted by atomic mass is 9.82. The van der Waals surface area contributed by atoms with Gasteiger partial charge in [-0.25, -0.2) is 0 Å². The van der Waals surface area contributed by atoms with Crippen molar-refractivity contribution >= 4 is 0 Å². The Morgan fingerprint density at radius 2 is 1.40 bits per heavy atom. The number of hydrogen-bond acceptors (Lipinski definition) is 6. The Balaban J connectivity index is 1.47. The Kier molecular flexibility index (Phi) is 7.29. The quantitative estimate of drug-likeness (QED) is 0.550. The van der Waals surface area contributed by atoms with E-state index in [9.17, 15) is 5.11 Å². The number of nitrogens with zero attached hydrogens (tertiary/aromatic N) is 1. The van der Waals surface area contributed by atoms with Gasteiger partial charge in [-0.2, -0.15) is 0 Å². The van der Waals surface area contributed by atoms with Gasteiger partial charge < -0.3 is 24.1 Å². The van der Waals surface area contributed by atoms with Gasteiger partial charge in [-0.3, -0.25) is 4.90 Å². The summed E-state index contributed by atoms with van der Waals surface area (Å²) in [4.78, 5) is 2.23. The highest BCUT2D eigenvalue weighted by molar-refractivity contribution is 5.20. The predicted octanol–water partition coefficient (Wildman–Crippen LogP) is 4.29. The highest BCUT2D eigenvalue weighted by Gasteiger charge is 2.58. The lowest BCUT2D eigenvalue weighted by Gasteiger charge is -2.55. The third kappa shape index (κ3) is 5.19. The van der Waals surface area contributed by atoms with Crippen molar-refractivity contribution in [1.29, 1.82) is 0 Å². The number of rotatable bonds is 7. The summed E-state index contributed by atoms with van der Waals surface area (Å²) < 4.78 is 24.5. The minimum atomic E-state index is -1.27. The summed E-state index contributed by atoms with van der Waals surface area (Å²) in [5, 5.41) is 12.1. The number of benzene rings is 3. The molecule has 0 saturated carbocycles. The SMILES string of the molecule is CO[C@H]1O[C@@H]2CO[C@@H](c3ccccc3)O[C@H]2[C@](C)(O)[C@H]1N(Cc1ccccc1)Cc1ccccc1. The van der Waals surface area contributed by atoms with Crippen molar-refractivity contribution in [3.8, 4) is 0 Å². The smallest absolute Gasteiger partial charge is 0.184 e. The molecule has 5 rings (SSSR count). The zero-order valence-corrected chi connectivity index (χ0v) is 20.2. The van der Waals surface area contributed by atoms with Crippen LogP contribution in [-0.2, 0) is 32.0 Å². The molecule has 35 heavy (non-hydrogen) atoms. The van der Waals surface area contributed by atoms with E-state index in [0.29, 0.717) is 19.7 Å². The van der Waals surface area contributed by atoms with E-state index in [4.69, 9.17) is 18.9 Å². The Morgan fingerprint density at radius 1 is 0.857 bits per heavy atom. The molecule has 0 bridgehead atoms. The van der Waals surface area contributed by atoms with Gasteiger partial charge in [0.15, 0.2) is 12.6 Å². The number of aliphatic hydroxyl groups is 1. The number of methoxy groups -OCH3 is 1. The second-order valence-electron chi connectivity index (χ2n) is 9.46. The average molecular weight is 476 g/mol. The van der Waals surface area contributed by atoms with E-state index in [1.807, 2.05) is 73.7 Å². The predicted molar refractivity (Wildman–Crippen MR) is 132 cm³/mol. The molecule has 184 valence electrons. The molecule has 2 fully saturated rings. The second kappa shape index (κ2) is 10.6. The molecule has 0 aliphatic carbocycles. The van der Waals surface area contributed by atoms with Crippen LogP contribution in [0.2, 0.25) is 0 Å². The van der Waals surface area contributed by atoms with E-state index >= 15 is 0 Å². The summed E-state index contributed by atoms with van der Waals surface area (Å²) in [6, 6.07) is 29.8. The fraction of sp³-hybridized carbons (Fsp3) is 0.379. The highest BCUT2D eigenvalue weighted by Crippen LogP contribution is 2.41. The number of fused-ring (bicyclic) bond motifs is 1. The maximum absolute atomic E-state index is 12.1. The van der Waals surface area contributed by atoms with Crippen molar-refractivity contribution in [3.05, 3.63) is 108 Å². The topological polar surface area (TPSA) is 60.4 Å². The summed E-state index contributed by atoms with van der Waals surface area (Å²) in [6.45, 7) is 3.39. The molecule has 2 heterocycles. The van der Waals surface area contributed by atoms with Crippen LogP contribution < -0.4 is 0 Å². The minimum Gasteiger partial charge on any atom is -0.386 e. The van der Waals surface area contributed by atoms with E-state index < -0.39 is 36.4 Å². The summed E-state index contributed by atoms with van der Waals surface area (Å²) in [6.07, 6.45) is -2.25. The van der Waals surface area contributed by atoms with Crippen LogP contribution in [0.5, 0.6) is 0 Å². The van der Waals surface area contributed by atoms with Gasteiger partial charge >= 0.3 is 0 Å². The first-order chi connectivity index (χ1) is 17.1. The molecule has 0 radical (unpaired) electrons. The lowest BCUT2D eigenvalue weighted by molar-refractivity contribution is -0.372. The standard InChI is InChI=1S/C29H33NO5/c1-29(31)25(30(18-21-12-6-3-7-13-21)19-22-14-8-4-9-15-22)28(32-2)34-24-20-33-27(35-26(24)29)23-16-10-5-11-17-23/h3-17,24-28,31H,18-20H2,1-2H3/t24-,25+,26-,27-,28+,29-/m1/s1. The first kappa shape index (κ1) is 24.1. The molecule has 6 atom stereocenters. The Morgan fingerprint density at radius 3 is 1.94 bits per heavy atom. The van der Waals surface area contributed by atoms with Gasteiger partial charge in [0, 0.05) is 25.8 Å². The molecule has 3 aromatic rings. The van der Waals surface area contributed by atoms with Crippen LogP contribution >= 0.6 is 0 Å². The van der Waals surface area contributed by atoms with Crippen LogP contribution in [0.4, 0.5) is 0 Å². The molecule has 6 nitrogen and oxygen atoms in total. The van der Waals surface area contributed by atoms with Crippen molar-refractivity contribution in [2.75, 3.05) is 13.7 Å². The van der Waals surface area contributed by atoms with Crippen molar-refractivity contribution in [3.63, 3.8) is 0 Å². The van der Waals surface area contributed by atoms with Crippen molar-refractivity contribution in [1.82, 2.24) is 4.90 Å². The van der Waals surface area contributed by atoms with Gasteiger partial charge in [-0.15, -0.1) is 0 Å². The zero-order valence-electron chi connectivity index (χ0n) is 20.2. The van der Waals surface area contributed by atoms with Gasteiger partial charge in [0.05, 0.1) is 12.6 Å². The first-order valence-electron chi connectivity index (χ1n) is 12.1. The molecule has 0 amide bonds. The summed E-state index contributed by atoms with van der Waals surface area (Å²) in [5.74, 6) is 0. The summed E-state index contributed by atoms with van der Waals surface area (Å²) in [5.41, 5.74) is 1.93. The van der Waals surface area contributed by atoms with Crippen LogP contribution in [0.25, 0.3) is 0 Å². The van der Waals surface area contributed by atoms with E-state index in [1.54, 1.807) is 7.11 Å². The lowest BCUT2D eigenvalue weighted by Crippen LogP contribution is -2.72. The maximum Gasteiger partial charge on any atom is 0.184 e. The molecule has 2 aliphatic rings. The van der Waals surface area contributed by atoms with Crippen molar-refractivity contribution < 1.29 is 24.1 Å². The largest absolute Gasteiger partial charge is 0.386 e. The Bertz CT molecular complexity index is 1020. The van der Waals surface area contributed by atoms with Gasteiger partial charge in [0.1, 0.15) is 17.8 Å². The van der Waals surface area contributed by atoms with E-state index in [-0.39, 0.29) is 0 Å². The summed E-state index contributed by atoms with van der Waals surface area (Å²) >= 11 is 0. The molecular weight excluding hydrogens is 442 g/mol. The van der Waals surface area contributed by atoms with Gasteiger partial charge in [-0.1, -0.05) is 91.0 Å². The van der Waals surface area contributed by atoms with Crippen LogP contribution in [-0.4, -0.2) is 53.9 Å².